The molecule has 0 unspecified atom stereocenters. The van der Waals surface area contributed by atoms with Gasteiger partial charge in [-0.15, -0.1) is 54.1 Å². The van der Waals surface area contributed by atoms with Crippen LogP contribution in [0.5, 0.6) is 0 Å². The van der Waals surface area contributed by atoms with Crippen LogP contribution in [0.3, 0.4) is 0 Å². The van der Waals surface area contributed by atoms with Crippen LogP contribution in [0.4, 0.5) is 0 Å². The van der Waals surface area contributed by atoms with Crippen molar-refractivity contribution in [2.24, 2.45) is 5.92 Å². The summed E-state index contributed by atoms with van der Waals surface area (Å²) >= 11 is 0. The summed E-state index contributed by atoms with van der Waals surface area (Å²) in [4.78, 5) is 9.82. The summed E-state index contributed by atoms with van der Waals surface area (Å²) in [6.45, 7) is 19.7. The van der Waals surface area contributed by atoms with Gasteiger partial charge in [0.15, 0.2) is 0 Å². The first-order valence-electron chi connectivity index (χ1n) is 22.2. The molecule has 61 heavy (non-hydrogen) atoms. The predicted octanol–water partition coefficient (Wildman–Crippen LogP) is 14.6. The molecule has 0 atom stereocenters. The fourth-order valence-corrected chi connectivity index (χ4v) is 9.48. The van der Waals surface area contributed by atoms with E-state index in [-0.39, 0.29) is 26.0 Å². The molecule has 0 amide bonds. The van der Waals surface area contributed by atoms with E-state index in [1.54, 1.807) is 0 Å². The van der Waals surface area contributed by atoms with Crippen molar-refractivity contribution >= 4 is 46.2 Å². The largest absolute Gasteiger partial charge is 0.501 e. The molecule has 0 saturated heterocycles. The molecule has 3 aromatic heterocycles. The van der Waals surface area contributed by atoms with Crippen LogP contribution in [0.25, 0.3) is 72.4 Å². The quantitative estimate of drug-likeness (QED) is 0.107. The minimum Gasteiger partial charge on any atom is -0.501 e. The second-order valence-corrected chi connectivity index (χ2v) is 22.6. The van der Waals surface area contributed by atoms with Crippen LogP contribution in [-0.4, -0.2) is 22.6 Å². The number of aromatic nitrogens is 3. The van der Waals surface area contributed by atoms with Crippen molar-refractivity contribution in [2.75, 3.05) is 0 Å². The van der Waals surface area contributed by atoms with Gasteiger partial charge in [0, 0.05) is 40.1 Å². The van der Waals surface area contributed by atoms with Crippen LogP contribution < -0.4 is 5.19 Å². The predicted molar refractivity (Wildman–Crippen MR) is 256 cm³/mol. The van der Waals surface area contributed by atoms with Gasteiger partial charge < -0.3 is 14.0 Å². The number of hydrogen-bond acceptors (Lipinski definition) is 3. The van der Waals surface area contributed by atoms with E-state index in [9.17, 15) is 0 Å². The molecular formula is C55H55IrN3OSi-2. The molecule has 1 radical (unpaired) electrons. The number of para-hydroxylation sites is 3. The van der Waals surface area contributed by atoms with E-state index in [1.807, 2.05) is 68.6 Å². The smallest absolute Gasteiger partial charge is 0.120 e. The van der Waals surface area contributed by atoms with Crippen LogP contribution in [0.1, 0.15) is 72.8 Å². The zero-order valence-electron chi connectivity index (χ0n) is 38.6. The Bertz CT molecular complexity index is 2990. The van der Waals surface area contributed by atoms with Gasteiger partial charge in [-0.05, 0) is 87.6 Å². The summed E-state index contributed by atoms with van der Waals surface area (Å²) < 4.78 is 25.9. The first-order valence-corrected chi connectivity index (χ1v) is 24.7. The number of furan rings is 1. The number of benzene rings is 6. The van der Waals surface area contributed by atoms with Gasteiger partial charge in [-0.3, -0.25) is 4.98 Å². The molecule has 6 heteroatoms. The van der Waals surface area contributed by atoms with Crippen molar-refractivity contribution in [3.05, 3.63) is 168 Å². The second-order valence-electron chi connectivity index (χ2n) is 17.6. The number of nitrogens with zero attached hydrogens (tertiary/aromatic N) is 3. The van der Waals surface area contributed by atoms with Gasteiger partial charge in [-0.25, -0.2) is 0 Å². The van der Waals surface area contributed by atoms with Crippen molar-refractivity contribution in [1.82, 2.24) is 14.5 Å². The average Bonchev–Trinajstić information content (AvgIpc) is 3.85. The van der Waals surface area contributed by atoms with Crippen molar-refractivity contribution in [3.63, 3.8) is 0 Å². The molecule has 0 aliphatic heterocycles. The van der Waals surface area contributed by atoms with Gasteiger partial charge in [0.1, 0.15) is 5.58 Å². The molecule has 4 nitrogen and oxygen atoms in total. The van der Waals surface area contributed by atoms with Crippen molar-refractivity contribution < 1.29 is 27.3 Å². The Labute approximate surface area is 379 Å². The third-order valence-electron chi connectivity index (χ3n) is 11.0. The molecule has 0 fully saturated rings. The van der Waals surface area contributed by atoms with E-state index < -0.39 is 14.4 Å². The summed E-state index contributed by atoms with van der Waals surface area (Å²) in [6.07, 6.45) is 0.528. The SMILES string of the molecule is CC(C)c1cc(-c2ccccc2)cc(C(C)C)c1-n1c(-c2[c-]ccc3c2oc2ccccc23)nc2ccccc21.[2H]C([2H])(c1cc(-c2[c-]cccc2)ncc1[Si](C)(C)C)C(C)C.[Ir]. The van der Waals surface area contributed by atoms with Crippen molar-refractivity contribution in [1.29, 1.82) is 0 Å². The normalized spacial score (nSPS) is 12.5. The number of fused-ring (bicyclic) bond motifs is 4. The second kappa shape index (κ2) is 18.3. The molecule has 0 aliphatic rings. The maximum atomic E-state index is 8.55. The van der Waals surface area contributed by atoms with Crippen LogP contribution in [0.2, 0.25) is 19.6 Å². The van der Waals surface area contributed by atoms with Gasteiger partial charge in [0.2, 0.25) is 0 Å². The molecule has 9 rings (SSSR count). The summed E-state index contributed by atoms with van der Waals surface area (Å²) in [5.41, 5.74) is 13.4. The molecule has 0 bridgehead atoms. The van der Waals surface area contributed by atoms with E-state index in [4.69, 9.17) is 12.1 Å². The summed E-state index contributed by atoms with van der Waals surface area (Å²) in [6, 6.07) is 52.5. The summed E-state index contributed by atoms with van der Waals surface area (Å²) in [5, 5.41) is 3.29. The number of imidazole rings is 1. The fraction of sp³-hybridized carbons (Fsp3) is 0.236. The van der Waals surface area contributed by atoms with Crippen LogP contribution in [-0.2, 0) is 26.5 Å². The standard InChI is InChI=1S/C37H31N2O.C18H24NSi.Ir/c1-23(2)30-21-26(25-13-6-5-7-14-25)22-31(24(3)4)35(30)39-33-19-10-9-18-32(33)38-37(39)29-17-12-16-28-27-15-8-11-20-34(27)40-36(28)29;1-14(2)11-16-12-17(15-9-7-6-8-10-15)19-13-18(16)20(3,4)5;/h5-16,18-24H,1-4H3;6-9,12-14H,11H2,1-5H3;/q2*-1;/i;11D2;. The van der Waals surface area contributed by atoms with E-state index in [1.165, 1.54) is 27.9 Å². The van der Waals surface area contributed by atoms with E-state index in [0.29, 0.717) is 11.8 Å². The maximum Gasteiger partial charge on any atom is 0.120 e. The molecule has 311 valence electrons. The Morgan fingerprint density at radius 3 is 2.05 bits per heavy atom. The minimum absolute atomic E-state index is 0. The summed E-state index contributed by atoms with van der Waals surface area (Å²) in [5.74, 6) is 1.37. The average molecular weight is 996 g/mol. The topological polar surface area (TPSA) is 43.9 Å². The molecule has 9 aromatic rings. The molecule has 0 aliphatic carbocycles. The van der Waals surface area contributed by atoms with Gasteiger partial charge in [-0.2, -0.15) is 0 Å². The van der Waals surface area contributed by atoms with Gasteiger partial charge in [0.25, 0.3) is 0 Å². The van der Waals surface area contributed by atoms with Crippen molar-refractivity contribution in [2.45, 2.75) is 79.4 Å². The third-order valence-corrected chi connectivity index (χ3v) is 13.0. The third kappa shape index (κ3) is 9.00. The molecule has 0 N–H and O–H groups in total. The molecular weight excluding hydrogens is 939 g/mol. The van der Waals surface area contributed by atoms with Crippen molar-refractivity contribution in [3.8, 4) is 39.5 Å². The fourth-order valence-electron chi connectivity index (χ4n) is 8.08. The zero-order valence-corrected chi connectivity index (χ0v) is 40.0. The Morgan fingerprint density at radius 1 is 0.705 bits per heavy atom. The first-order chi connectivity index (χ1) is 29.6. The van der Waals surface area contributed by atoms with Crippen LogP contribution in [0, 0.1) is 18.1 Å². The Morgan fingerprint density at radius 2 is 1.38 bits per heavy atom. The number of rotatable bonds is 9. The Kier molecular flexibility index (Phi) is 12.3. The van der Waals surface area contributed by atoms with Gasteiger partial charge >= 0.3 is 0 Å². The zero-order chi connectivity index (χ0) is 43.9. The summed E-state index contributed by atoms with van der Waals surface area (Å²) in [7, 11) is -1.67. The minimum atomic E-state index is -1.67. The van der Waals surface area contributed by atoms with Crippen LogP contribution >= 0.6 is 0 Å². The molecule has 0 saturated carbocycles. The van der Waals surface area contributed by atoms with E-state index in [0.717, 1.165) is 66.4 Å². The monoisotopic (exact) mass is 996 g/mol. The Balaban J connectivity index is 0.000000221. The van der Waals surface area contributed by atoms with E-state index >= 15 is 0 Å². The van der Waals surface area contributed by atoms with E-state index in [2.05, 4.69) is 154 Å². The molecule has 6 aromatic carbocycles. The number of hydrogen-bond donors (Lipinski definition) is 0. The Hall–Kier alpha value is -5.39. The van der Waals surface area contributed by atoms with Gasteiger partial charge in [-0.1, -0.05) is 144 Å². The first kappa shape index (κ1) is 41.0. The van der Waals surface area contributed by atoms with Crippen LogP contribution in [0.15, 0.2) is 144 Å². The number of pyridine rings is 1. The molecule has 3 heterocycles. The maximum absolute atomic E-state index is 8.55. The van der Waals surface area contributed by atoms with Gasteiger partial charge in [0.05, 0.1) is 30.5 Å². The molecule has 0 spiro atoms.